The van der Waals surface area contributed by atoms with Crippen LogP contribution in [0.5, 0.6) is 0 Å². The van der Waals surface area contributed by atoms with Crippen molar-refractivity contribution in [3.8, 4) is 0 Å². The highest BCUT2D eigenvalue weighted by molar-refractivity contribution is 9.11. The molecule has 3 nitrogen and oxygen atoms in total. The van der Waals surface area contributed by atoms with Crippen LogP contribution in [0.3, 0.4) is 0 Å². The zero-order chi connectivity index (χ0) is 11.9. The van der Waals surface area contributed by atoms with E-state index in [1.54, 1.807) is 11.3 Å². The van der Waals surface area contributed by atoms with Crippen LogP contribution in [0, 0.1) is 5.41 Å². The molecule has 1 amide bonds. The highest BCUT2D eigenvalue weighted by atomic mass is 79.9. The molecular formula is C12H14BrNO2S. The minimum absolute atomic E-state index is 0.163. The molecule has 5 heteroatoms. The molecule has 0 aliphatic carbocycles. The van der Waals surface area contributed by atoms with Gasteiger partial charge < -0.3 is 9.64 Å². The fourth-order valence-corrected chi connectivity index (χ4v) is 3.82. The van der Waals surface area contributed by atoms with Gasteiger partial charge in [0, 0.05) is 30.5 Å². The minimum Gasteiger partial charge on any atom is -0.381 e. The van der Waals surface area contributed by atoms with Crippen LogP contribution in [0.2, 0.25) is 0 Å². The third kappa shape index (κ3) is 2.16. The van der Waals surface area contributed by atoms with Crippen LogP contribution in [-0.2, 0) is 4.74 Å². The van der Waals surface area contributed by atoms with Crippen molar-refractivity contribution < 1.29 is 9.53 Å². The number of thiophene rings is 1. The molecule has 2 aliphatic rings. The average molecular weight is 316 g/mol. The van der Waals surface area contributed by atoms with Crippen molar-refractivity contribution in [2.24, 2.45) is 5.41 Å². The maximum Gasteiger partial charge on any atom is 0.254 e. The standard InChI is InChI=1S/C12H14BrNO2S/c13-10-5-9(6-17-10)11(15)14-3-1-12(7-14)2-4-16-8-12/h5-6H,1-4,7-8H2. The van der Waals surface area contributed by atoms with E-state index in [2.05, 4.69) is 15.9 Å². The van der Waals surface area contributed by atoms with Gasteiger partial charge in [-0.1, -0.05) is 0 Å². The van der Waals surface area contributed by atoms with E-state index in [1.807, 2.05) is 16.3 Å². The molecule has 1 aromatic rings. The highest BCUT2D eigenvalue weighted by Gasteiger charge is 2.42. The second-order valence-corrected chi connectivity index (χ2v) is 7.21. The van der Waals surface area contributed by atoms with Crippen LogP contribution >= 0.6 is 27.3 Å². The van der Waals surface area contributed by atoms with Crippen molar-refractivity contribution in [3.63, 3.8) is 0 Å². The van der Waals surface area contributed by atoms with Crippen LogP contribution in [-0.4, -0.2) is 37.1 Å². The Morgan fingerprint density at radius 2 is 2.41 bits per heavy atom. The van der Waals surface area contributed by atoms with Crippen LogP contribution in [0.4, 0.5) is 0 Å². The lowest BCUT2D eigenvalue weighted by Crippen LogP contribution is -2.32. The Balaban J connectivity index is 1.72. The number of carbonyl (C=O) groups excluding carboxylic acids is 1. The molecule has 3 heterocycles. The number of rotatable bonds is 1. The summed E-state index contributed by atoms with van der Waals surface area (Å²) in [7, 11) is 0. The Morgan fingerprint density at radius 1 is 1.53 bits per heavy atom. The predicted molar refractivity (Wildman–Crippen MR) is 70.4 cm³/mol. The molecule has 0 saturated carbocycles. The fourth-order valence-electron chi connectivity index (χ4n) is 2.68. The molecule has 2 saturated heterocycles. The molecule has 0 radical (unpaired) electrons. The first kappa shape index (κ1) is 11.7. The summed E-state index contributed by atoms with van der Waals surface area (Å²) in [6, 6.07) is 1.91. The largest absolute Gasteiger partial charge is 0.381 e. The summed E-state index contributed by atoms with van der Waals surface area (Å²) in [5.74, 6) is 0.163. The van der Waals surface area contributed by atoms with Crippen molar-refractivity contribution in [3.05, 3.63) is 20.8 Å². The summed E-state index contributed by atoms with van der Waals surface area (Å²) in [6.45, 7) is 3.41. The lowest BCUT2D eigenvalue weighted by molar-refractivity contribution is 0.0766. The predicted octanol–water partition coefficient (Wildman–Crippen LogP) is 2.76. The van der Waals surface area contributed by atoms with Gasteiger partial charge in [-0.05, 0) is 34.8 Å². The number of halogens is 1. The molecular weight excluding hydrogens is 302 g/mol. The molecule has 17 heavy (non-hydrogen) atoms. The second kappa shape index (κ2) is 4.37. The summed E-state index contributed by atoms with van der Waals surface area (Å²) < 4.78 is 6.49. The number of carbonyl (C=O) groups is 1. The van der Waals surface area contributed by atoms with Crippen LogP contribution < -0.4 is 0 Å². The van der Waals surface area contributed by atoms with Crippen LogP contribution in [0.25, 0.3) is 0 Å². The average Bonchev–Trinajstić information content (AvgIpc) is 3.02. The Bertz CT molecular complexity index is 439. The van der Waals surface area contributed by atoms with Crippen LogP contribution in [0.15, 0.2) is 15.2 Å². The first-order valence-corrected chi connectivity index (χ1v) is 7.47. The number of hydrogen-bond acceptors (Lipinski definition) is 3. The summed E-state index contributed by atoms with van der Waals surface area (Å²) in [5.41, 5.74) is 1.06. The SMILES string of the molecule is O=C(c1csc(Br)c1)N1CCC2(CCOC2)C1. The summed E-state index contributed by atoms with van der Waals surface area (Å²) in [4.78, 5) is 14.2. The first-order chi connectivity index (χ1) is 8.19. The minimum atomic E-state index is 0.163. The smallest absolute Gasteiger partial charge is 0.254 e. The number of nitrogens with zero attached hydrogens (tertiary/aromatic N) is 1. The molecule has 0 bridgehead atoms. The van der Waals surface area contributed by atoms with E-state index in [0.717, 1.165) is 48.5 Å². The van der Waals surface area contributed by atoms with E-state index in [-0.39, 0.29) is 11.3 Å². The molecule has 2 aliphatic heterocycles. The van der Waals surface area contributed by atoms with E-state index in [9.17, 15) is 4.79 Å². The van der Waals surface area contributed by atoms with Crippen molar-refractivity contribution in [1.82, 2.24) is 4.90 Å². The maximum absolute atomic E-state index is 12.3. The summed E-state index contributed by atoms with van der Waals surface area (Å²) >= 11 is 4.96. The van der Waals surface area contributed by atoms with Crippen molar-refractivity contribution in [1.29, 1.82) is 0 Å². The lowest BCUT2D eigenvalue weighted by atomic mass is 9.87. The van der Waals surface area contributed by atoms with Crippen molar-refractivity contribution in [2.75, 3.05) is 26.3 Å². The van der Waals surface area contributed by atoms with E-state index in [1.165, 1.54) is 0 Å². The third-order valence-corrected chi connectivity index (χ3v) is 5.23. The summed E-state index contributed by atoms with van der Waals surface area (Å²) in [6.07, 6.45) is 2.19. The Labute approximate surface area is 113 Å². The first-order valence-electron chi connectivity index (χ1n) is 5.80. The zero-order valence-corrected chi connectivity index (χ0v) is 11.8. The van der Waals surface area contributed by atoms with Crippen LogP contribution in [0.1, 0.15) is 23.2 Å². The van der Waals surface area contributed by atoms with Gasteiger partial charge in [0.1, 0.15) is 0 Å². The van der Waals surface area contributed by atoms with Crippen molar-refractivity contribution in [2.45, 2.75) is 12.8 Å². The molecule has 1 aromatic heterocycles. The van der Waals surface area contributed by atoms with Crippen molar-refractivity contribution >= 4 is 33.2 Å². The van der Waals surface area contributed by atoms with E-state index in [0.29, 0.717) is 0 Å². The second-order valence-electron chi connectivity index (χ2n) is 4.92. The Morgan fingerprint density at radius 3 is 3.06 bits per heavy atom. The van der Waals surface area contributed by atoms with Gasteiger partial charge in [-0.2, -0.15) is 0 Å². The van der Waals surface area contributed by atoms with E-state index in [4.69, 9.17) is 4.74 Å². The molecule has 92 valence electrons. The normalized spacial score (nSPS) is 28.2. The summed E-state index contributed by atoms with van der Waals surface area (Å²) in [5, 5.41) is 1.92. The van der Waals surface area contributed by atoms with E-state index >= 15 is 0 Å². The Hall–Kier alpha value is -0.390. The number of ether oxygens (including phenoxy) is 1. The molecule has 0 aromatic carbocycles. The molecule has 0 N–H and O–H groups in total. The van der Waals surface area contributed by atoms with Gasteiger partial charge in [-0.25, -0.2) is 0 Å². The third-order valence-electron chi connectivity index (χ3n) is 3.72. The van der Waals surface area contributed by atoms with Gasteiger partial charge in [-0.15, -0.1) is 11.3 Å². The van der Waals surface area contributed by atoms with Gasteiger partial charge in [0.15, 0.2) is 0 Å². The maximum atomic E-state index is 12.3. The van der Waals surface area contributed by atoms with Gasteiger partial charge >= 0.3 is 0 Å². The van der Waals surface area contributed by atoms with E-state index < -0.39 is 0 Å². The quantitative estimate of drug-likeness (QED) is 0.797. The van der Waals surface area contributed by atoms with Gasteiger partial charge in [-0.3, -0.25) is 4.79 Å². The molecule has 3 rings (SSSR count). The van der Waals surface area contributed by atoms with Gasteiger partial charge in [0.05, 0.1) is 16.0 Å². The highest BCUT2D eigenvalue weighted by Crippen LogP contribution is 2.38. The lowest BCUT2D eigenvalue weighted by Gasteiger charge is -2.21. The zero-order valence-electron chi connectivity index (χ0n) is 9.45. The molecule has 1 atom stereocenters. The van der Waals surface area contributed by atoms with Gasteiger partial charge in [0.2, 0.25) is 0 Å². The number of hydrogen-bond donors (Lipinski definition) is 0. The monoisotopic (exact) mass is 315 g/mol. The topological polar surface area (TPSA) is 29.5 Å². The fraction of sp³-hybridized carbons (Fsp3) is 0.583. The molecule has 1 unspecified atom stereocenters. The Kier molecular flexibility index (Phi) is 3.00. The number of amides is 1. The molecule has 1 spiro atoms. The number of likely N-dealkylation sites (tertiary alicyclic amines) is 1. The van der Waals surface area contributed by atoms with Gasteiger partial charge in [0.25, 0.3) is 5.91 Å². The molecule has 2 fully saturated rings.